The van der Waals surface area contributed by atoms with Gasteiger partial charge in [-0.1, -0.05) is 17.7 Å². The van der Waals surface area contributed by atoms with E-state index in [2.05, 4.69) is 6.07 Å². The van der Waals surface area contributed by atoms with Crippen molar-refractivity contribution in [3.8, 4) is 5.75 Å². The molecule has 0 bridgehead atoms. The highest BCUT2D eigenvalue weighted by molar-refractivity contribution is 8.00. The third-order valence-corrected chi connectivity index (χ3v) is 5.03. The molecule has 0 radical (unpaired) electrons. The lowest BCUT2D eigenvalue weighted by atomic mass is 10.1. The van der Waals surface area contributed by atoms with Gasteiger partial charge in [-0.05, 0) is 37.6 Å². The molecule has 0 saturated carbocycles. The number of fused-ring (bicyclic) bond motifs is 1. The molecule has 0 spiro atoms. The van der Waals surface area contributed by atoms with E-state index in [-0.39, 0.29) is 29.7 Å². The average molecular weight is 370 g/mol. The number of carbonyl (C=O) groups is 1. The van der Waals surface area contributed by atoms with E-state index in [1.807, 2.05) is 26.0 Å². The monoisotopic (exact) mass is 370 g/mol. The van der Waals surface area contributed by atoms with Gasteiger partial charge in [0.25, 0.3) is 0 Å². The molecular weight excluding hydrogens is 352 g/mol. The van der Waals surface area contributed by atoms with Gasteiger partial charge in [0, 0.05) is 28.0 Å². The van der Waals surface area contributed by atoms with Crippen molar-refractivity contribution in [1.82, 2.24) is 0 Å². The van der Waals surface area contributed by atoms with Gasteiger partial charge in [0.2, 0.25) is 0 Å². The van der Waals surface area contributed by atoms with Crippen molar-refractivity contribution < 1.29 is 19.1 Å². The predicted molar refractivity (Wildman–Crippen MR) is 101 cm³/mol. The third-order valence-electron chi connectivity index (χ3n) is 3.88. The minimum absolute atomic E-state index is 0.000313. The molecule has 26 heavy (non-hydrogen) atoms. The topological polar surface area (TPSA) is 76.7 Å². The number of thioether (sulfide) groups is 1. The molecule has 6 heteroatoms. The van der Waals surface area contributed by atoms with Crippen LogP contribution >= 0.6 is 11.8 Å². The molecule has 0 aliphatic rings. The zero-order valence-electron chi connectivity index (χ0n) is 14.4. The van der Waals surface area contributed by atoms with E-state index < -0.39 is 5.63 Å². The average Bonchev–Trinajstić information content (AvgIpc) is 2.58. The Labute approximate surface area is 154 Å². The van der Waals surface area contributed by atoms with Gasteiger partial charge in [0.05, 0.1) is 5.75 Å². The molecule has 0 aliphatic heterocycles. The van der Waals surface area contributed by atoms with E-state index in [1.54, 1.807) is 6.07 Å². The molecule has 0 aliphatic carbocycles. The number of benzene rings is 2. The Kier molecular flexibility index (Phi) is 5.32. The van der Waals surface area contributed by atoms with Crippen molar-refractivity contribution in [3.05, 3.63) is 69.6 Å². The molecule has 1 N–H and O–H groups in total. The minimum atomic E-state index is -0.557. The van der Waals surface area contributed by atoms with Crippen molar-refractivity contribution >= 4 is 28.7 Å². The molecule has 3 rings (SSSR count). The fourth-order valence-corrected chi connectivity index (χ4v) is 3.44. The Hall–Kier alpha value is -2.73. The smallest absolute Gasteiger partial charge is 0.336 e. The summed E-state index contributed by atoms with van der Waals surface area (Å²) in [7, 11) is 0. The maximum absolute atomic E-state index is 12.1. The summed E-state index contributed by atoms with van der Waals surface area (Å²) >= 11 is 1.42. The van der Waals surface area contributed by atoms with Crippen LogP contribution in [0.5, 0.6) is 5.75 Å². The SMILES string of the molecule is Cc1ccc(SCC(=O)OCc2cc(=O)oc3cc(O)ccc23)c(C)c1. The summed E-state index contributed by atoms with van der Waals surface area (Å²) < 4.78 is 10.4. The molecule has 3 aromatic rings. The van der Waals surface area contributed by atoms with Crippen LogP contribution in [0.4, 0.5) is 0 Å². The van der Waals surface area contributed by atoms with E-state index in [1.165, 1.54) is 35.5 Å². The van der Waals surface area contributed by atoms with Crippen LogP contribution in [0.1, 0.15) is 16.7 Å². The number of ether oxygens (including phenoxy) is 1. The normalized spacial score (nSPS) is 10.8. The lowest BCUT2D eigenvalue weighted by Crippen LogP contribution is -2.09. The van der Waals surface area contributed by atoms with E-state index >= 15 is 0 Å². The summed E-state index contributed by atoms with van der Waals surface area (Å²) in [6.07, 6.45) is 0. The number of hydrogen-bond acceptors (Lipinski definition) is 6. The molecule has 0 atom stereocenters. The Morgan fingerprint density at radius 3 is 2.73 bits per heavy atom. The van der Waals surface area contributed by atoms with Gasteiger partial charge in [-0.2, -0.15) is 0 Å². The molecule has 0 amide bonds. The Morgan fingerprint density at radius 1 is 1.15 bits per heavy atom. The summed E-state index contributed by atoms with van der Waals surface area (Å²) in [4.78, 5) is 24.7. The molecule has 0 saturated heterocycles. The summed E-state index contributed by atoms with van der Waals surface area (Å²) in [6, 6.07) is 11.8. The van der Waals surface area contributed by atoms with Crippen LogP contribution in [-0.4, -0.2) is 16.8 Å². The largest absolute Gasteiger partial charge is 0.508 e. The number of esters is 1. The number of aromatic hydroxyl groups is 1. The second-order valence-corrected chi connectivity index (χ2v) is 7.01. The highest BCUT2D eigenvalue weighted by Gasteiger charge is 2.11. The number of aryl methyl sites for hydroxylation is 2. The van der Waals surface area contributed by atoms with Crippen LogP contribution in [0, 0.1) is 13.8 Å². The van der Waals surface area contributed by atoms with Gasteiger partial charge in [0.1, 0.15) is 17.9 Å². The van der Waals surface area contributed by atoms with Gasteiger partial charge in [-0.25, -0.2) is 4.79 Å². The highest BCUT2D eigenvalue weighted by Crippen LogP contribution is 2.24. The number of phenols is 1. The Balaban J connectivity index is 1.66. The molecule has 134 valence electrons. The van der Waals surface area contributed by atoms with Crippen LogP contribution in [0.2, 0.25) is 0 Å². The molecule has 0 fully saturated rings. The van der Waals surface area contributed by atoms with Gasteiger partial charge in [-0.3, -0.25) is 4.79 Å². The quantitative estimate of drug-likeness (QED) is 0.416. The summed E-state index contributed by atoms with van der Waals surface area (Å²) in [6.45, 7) is 4.00. The van der Waals surface area contributed by atoms with Gasteiger partial charge in [0.15, 0.2) is 0 Å². The lowest BCUT2D eigenvalue weighted by Gasteiger charge is -2.09. The second-order valence-electron chi connectivity index (χ2n) is 5.99. The molecular formula is C20H18O5S. The van der Waals surface area contributed by atoms with Crippen LogP contribution in [0.25, 0.3) is 11.0 Å². The molecule has 2 aromatic carbocycles. The van der Waals surface area contributed by atoms with E-state index in [9.17, 15) is 14.7 Å². The molecule has 0 unspecified atom stereocenters. The molecule has 1 heterocycles. The van der Waals surface area contributed by atoms with Crippen LogP contribution in [0.3, 0.4) is 0 Å². The fraction of sp³-hybridized carbons (Fsp3) is 0.200. The zero-order chi connectivity index (χ0) is 18.7. The second kappa shape index (κ2) is 7.66. The molecule has 1 aromatic heterocycles. The maximum Gasteiger partial charge on any atom is 0.336 e. The van der Waals surface area contributed by atoms with E-state index in [4.69, 9.17) is 9.15 Å². The Bertz CT molecular complexity index is 1020. The number of hydrogen-bond donors (Lipinski definition) is 1. The van der Waals surface area contributed by atoms with E-state index in [0.29, 0.717) is 10.9 Å². The number of rotatable bonds is 5. The van der Waals surface area contributed by atoms with Crippen LogP contribution in [0.15, 0.2) is 56.6 Å². The first-order chi connectivity index (χ1) is 12.4. The summed E-state index contributed by atoms with van der Waals surface area (Å²) in [5.74, 6) is -0.181. The summed E-state index contributed by atoms with van der Waals surface area (Å²) in [5.41, 5.74) is 2.54. The van der Waals surface area contributed by atoms with Crippen molar-refractivity contribution in [2.75, 3.05) is 5.75 Å². The lowest BCUT2D eigenvalue weighted by molar-refractivity contribution is -0.141. The van der Waals surface area contributed by atoms with Gasteiger partial charge >= 0.3 is 11.6 Å². The first-order valence-corrected chi connectivity index (χ1v) is 9.02. The van der Waals surface area contributed by atoms with Crippen LogP contribution < -0.4 is 5.63 Å². The van der Waals surface area contributed by atoms with Gasteiger partial charge < -0.3 is 14.3 Å². The van der Waals surface area contributed by atoms with Crippen molar-refractivity contribution in [1.29, 1.82) is 0 Å². The van der Waals surface area contributed by atoms with Crippen molar-refractivity contribution in [3.63, 3.8) is 0 Å². The predicted octanol–water partition coefficient (Wildman–Crippen LogP) is 3.95. The number of phenolic OH excluding ortho intramolecular Hbond substituents is 1. The van der Waals surface area contributed by atoms with E-state index in [0.717, 1.165) is 10.5 Å². The third kappa shape index (κ3) is 4.26. The first-order valence-electron chi connectivity index (χ1n) is 8.04. The first kappa shape index (κ1) is 18.1. The van der Waals surface area contributed by atoms with Crippen LogP contribution in [-0.2, 0) is 16.1 Å². The fourth-order valence-electron chi connectivity index (χ4n) is 2.64. The zero-order valence-corrected chi connectivity index (χ0v) is 15.3. The van der Waals surface area contributed by atoms with Crippen molar-refractivity contribution in [2.24, 2.45) is 0 Å². The highest BCUT2D eigenvalue weighted by atomic mass is 32.2. The maximum atomic E-state index is 12.1. The number of carbonyl (C=O) groups excluding carboxylic acids is 1. The minimum Gasteiger partial charge on any atom is -0.508 e. The Morgan fingerprint density at radius 2 is 1.96 bits per heavy atom. The summed E-state index contributed by atoms with van der Waals surface area (Å²) in [5, 5.41) is 10.1. The molecule has 5 nitrogen and oxygen atoms in total. The standard InChI is InChI=1S/C20H18O5S/c1-12-3-6-18(13(2)7-12)26-11-20(23)24-10-14-8-19(22)25-17-9-15(21)4-5-16(14)17/h3-9,21H,10-11H2,1-2H3. The van der Waals surface area contributed by atoms with Crippen molar-refractivity contribution in [2.45, 2.75) is 25.3 Å². The van der Waals surface area contributed by atoms with Gasteiger partial charge in [-0.15, -0.1) is 11.8 Å².